The molecule has 0 spiro atoms. The Kier molecular flexibility index (Phi) is 4.09. The highest BCUT2D eigenvalue weighted by Crippen LogP contribution is 2.23. The van der Waals surface area contributed by atoms with E-state index in [0.717, 1.165) is 6.42 Å². The van der Waals surface area contributed by atoms with E-state index in [0.29, 0.717) is 0 Å². The average molecular weight is 153 g/mol. The molecular weight excluding hydrogens is 134 g/mol. The van der Waals surface area contributed by atoms with Crippen LogP contribution in [0.25, 0.3) is 0 Å². The quantitative estimate of drug-likeness (QED) is 0.539. The fourth-order valence-electron chi connectivity index (χ4n) is 0.464. The second-order valence-corrected chi connectivity index (χ2v) is 3.80. The molecule has 0 saturated heterocycles. The highest BCUT2D eigenvalue weighted by Gasteiger charge is 2.11. The minimum atomic E-state index is 0.255. The molecule has 0 heterocycles. The van der Waals surface area contributed by atoms with Gasteiger partial charge in [-0.15, -0.1) is 0 Å². The van der Waals surface area contributed by atoms with E-state index in [9.17, 15) is 0 Å². The summed E-state index contributed by atoms with van der Waals surface area (Å²) >= 11 is 0. The van der Waals surface area contributed by atoms with E-state index in [1.54, 1.807) is 0 Å². The largest absolute Gasteiger partial charge is 0.269 e. The van der Waals surface area contributed by atoms with Crippen molar-refractivity contribution in [3.05, 3.63) is 11.8 Å². The van der Waals surface area contributed by atoms with Crippen molar-refractivity contribution in [2.24, 2.45) is 10.4 Å². The normalized spacial score (nSPS) is 14.5. The first-order valence-corrected chi connectivity index (χ1v) is 4.17. The van der Waals surface area contributed by atoms with Gasteiger partial charge in [0.15, 0.2) is 0 Å². The summed E-state index contributed by atoms with van der Waals surface area (Å²) in [4.78, 5) is 4.17. The molecule has 0 bridgehead atoms. The smallest absolute Gasteiger partial charge is 0.0258 e. The number of hydrogen-bond donors (Lipinski definition) is 0. The van der Waals surface area contributed by atoms with Crippen LogP contribution in [0.4, 0.5) is 0 Å². The molecule has 64 valence electrons. The van der Waals surface area contributed by atoms with Crippen LogP contribution in [0.3, 0.4) is 0 Å². The zero-order chi connectivity index (χ0) is 8.91. The third-order valence-electron chi connectivity index (χ3n) is 1.74. The first kappa shape index (κ1) is 10.4. The van der Waals surface area contributed by atoms with Crippen LogP contribution < -0.4 is 0 Å². The molecule has 0 amide bonds. The van der Waals surface area contributed by atoms with Crippen molar-refractivity contribution >= 4 is 6.21 Å². The molecule has 0 aromatic rings. The van der Waals surface area contributed by atoms with E-state index in [4.69, 9.17) is 0 Å². The lowest BCUT2D eigenvalue weighted by Gasteiger charge is -2.18. The van der Waals surface area contributed by atoms with Gasteiger partial charge in [0, 0.05) is 12.4 Å². The van der Waals surface area contributed by atoms with Crippen molar-refractivity contribution in [1.82, 2.24) is 0 Å². The monoisotopic (exact) mass is 153 g/mol. The maximum absolute atomic E-state index is 4.17. The lowest BCUT2D eigenvalue weighted by Crippen LogP contribution is -2.05. The highest BCUT2D eigenvalue weighted by molar-refractivity contribution is 5.57. The molecule has 0 atom stereocenters. The van der Waals surface area contributed by atoms with Crippen LogP contribution in [0.5, 0.6) is 0 Å². The zero-order valence-corrected chi connectivity index (χ0v) is 8.31. The van der Waals surface area contributed by atoms with Crippen LogP contribution in [0.15, 0.2) is 16.8 Å². The predicted molar refractivity (Wildman–Crippen MR) is 52.0 cm³/mol. The van der Waals surface area contributed by atoms with Crippen molar-refractivity contribution in [3.63, 3.8) is 0 Å². The summed E-state index contributed by atoms with van der Waals surface area (Å²) in [7, 11) is 0. The van der Waals surface area contributed by atoms with Crippen molar-refractivity contribution in [2.45, 2.75) is 41.0 Å². The minimum Gasteiger partial charge on any atom is -0.269 e. The molecule has 11 heavy (non-hydrogen) atoms. The standard InChI is InChI=1S/C10H19N/c1-6-7-11-8-9(2)10(3,4)5/h7-8H,6H2,1-5H3/b9-8-,11-7-. The summed E-state index contributed by atoms with van der Waals surface area (Å²) in [6.45, 7) is 10.8. The van der Waals surface area contributed by atoms with E-state index >= 15 is 0 Å². The average Bonchev–Trinajstić information content (AvgIpc) is 1.86. The molecule has 0 aliphatic rings. The van der Waals surface area contributed by atoms with Crippen molar-refractivity contribution < 1.29 is 0 Å². The molecule has 0 saturated carbocycles. The van der Waals surface area contributed by atoms with Gasteiger partial charge >= 0.3 is 0 Å². The van der Waals surface area contributed by atoms with Crippen LogP contribution in [0, 0.1) is 5.41 Å². The molecule has 0 aromatic carbocycles. The number of hydrogen-bond acceptors (Lipinski definition) is 1. The van der Waals surface area contributed by atoms with Gasteiger partial charge in [0.1, 0.15) is 0 Å². The molecule has 1 nitrogen and oxygen atoms in total. The molecule has 0 radical (unpaired) electrons. The van der Waals surface area contributed by atoms with Gasteiger partial charge in [-0.2, -0.15) is 0 Å². The Hall–Kier alpha value is -0.590. The Labute approximate surface area is 70.2 Å². The summed E-state index contributed by atoms with van der Waals surface area (Å²) in [5.41, 5.74) is 1.58. The lowest BCUT2D eigenvalue weighted by atomic mass is 9.88. The fraction of sp³-hybridized carbons (Fsp3) is 0.700. The Balaban J connectivity index is 4.12. The number of allylic oxidation sites excluding steroid dienone is 1. The molecule has 0 aliphatic heterocycles. The summed E-state index contributed by atoms with van der Waals surface area (Å²) in [5, 5.41) is 0. The van der Waals surface area contributed by atoms with Crippen LogP contribution in [-0.2, 0) is 0 Å². The van der Waals surface area contributed by atoms with Gasteiger partial charge < -0.3 is 0 Å². The van der Waals surface area contributed by atoms with Gasteiger partial charge in [0.05, 0.1) is 0 Å². The Morgan fingerprint density at radius 3 is 2.27 bits per heavy atom. The summed E-state index contributed by atoms with van der Waals surface area (Å²) in [6.07, 6.45) is 4.88. The van der Waals surface area contributed by atoms with Gasteiger partial charge in [-0.05, 0) is 24.3 Å². The van der Waals surface area contributed by atoms with Gasteiger partial charge in [-0.1, -0.05) is 27.7 Å². The summed E-state index contributed by atoms with van der Waals surface area (Å²) in [6, 6.07) is 0. The molecule has 1 heteroatoms. The summed E-state index contributed by atoms with van der Waals surface area (Å²) < 4.78 is 0. The molecule has 0 N–H and O–H groups in total. The topological polar surface area (TPSA) is 12.4 Å². The van der Waals surface area contributed by atoms with Crippen LogP contribution in [0.2, 0.25) is 0 Å². The van der Waals surface area contributed by atoms with Crippen molar-refractivity contribution in [2.75, 3.05) is 0 Å². The predicted octanol–water partition coefficient (Wildman–Crippen LogP) is 3.42. The fourth-order valence-corrected chi connectivity index (χ4v) is 0.464. The second kappa shape index (κ2) is 4.32. The molecule has 0 unspecified atom stereocenters. The van der Waals surface area contributed by atoms with Gasteiger partial charge in [0.2, 0.25) is 0 Å². The van der Waals surface area contributed by atoms with Crippen LogP contribution in [0.1, 0.15) is 41.0 Å². The second-order valence-electron chi connectivity index (χ2n) is 3.80. The Morgan fingerprint density at radius 2 is 1.91 bits per heavy atom. The van der Waals surface area contributed by atoms with Gasteiger partial charge in [0.25, 0.3) is 0 Å². The molecule has 0 fully saturated rings. The van der Waals surface area contributed by atoms with Crippen molar-refractivity contribution in [1.29, 1.82) is 0 Å². The first-order valence-electron chi connectivity index (χ1n) is 4.17. The lowest BCUT2D eigenvalue weighted by molar-refractivity contribution is 0.502. The molecule has 0 aliphatic carbocycles. The van der Waals surface area contributed by atoms with Crippen LogP contribution in [-0.4, -0.2) is 6.21 Å². The third kappa shape index (κ3) is 4.77. The van der Waals surface area contributed by atoms with E-state index < -0.39 is 0 Å². The zero-order valence-electron chi connectivity index (χ0n) is 8.31. The molecular formula is C10H19N. The van der Waals surface area contributed by atoms with Gasteiger partial charge in [-0.25, -0.2) is 0 Å². The van der Waals surface area contributed by atoms with Gasteiger partial charge in [-0.3, -0.25) is 4.99 Å². The number of nitrogens with zero attached hydrogens (tertiary/aromatic N) is 1. The molecule has 0 rings (SSSR count). The number of rotatable bonds is 2. The summed E-state index contributed by atoms with van der Waals surface area (Å²) in [5.74, 6) is 0. The minimum absolute atomic E-state index is 0.255. The maximum Gasteiger partial charge on any atom is 0.0258 e. The SMILES string of the molecule is CC/C=N\C=C(\C)C(C)(C)C. The Bertz CT molecular complexity index is 158. The number of aliphatic imine (C=N–C) groups is 1. The van der Waals surface area contributed by atoms with E-state index in [1.807, 2.05) is 12.4 Å². The first-order chi connectivity index (χ1) is 4.98. The maximum atomic E-state index is 4.17. The van der Waals surface area contributed by atoms with E-state index in [2.05, 4.69) is 39.6 Å². The third-order valence-corrected chi connectivity index (χ3v) is 1.74. The van der Waals surface area contributed by atoms with E-state index in [1.165, 1.54) is 5.57 Å². The Morgan fingerprint density at radius 1 is 1.36 bits per heavy atom. The van der Waals surface area contributed by atoms with Crippen LogP contribution >= 0.6 is 0 Å². The van der Waals surface area contributed by atoms with E-state index in [-0.39, 0.29) is 5.41 Å². The van der Waals surface area contributed by atoms with Crippen molar-refractivity contribution in [3.8, 4) is 0 Å². The highest BCUT2D eigenvalue weighted by atomic mass is 14.7. The molecule has 0 aromatic heterocycles.